The van der Waals surface area contributed by atoms with Crippen molar-refractivity contribution < 1.29 is 14.3 Å². The summed E-state index contributed by atoms with van der Waals surface area (Å²) in [6.07, 6.45) is 2.49. The fourth-order valence-corrected chi connectivity index (χ4v) is 2.23. The van der Waals surface area contributed by atoms with E-state index in [0.717, 1.165) is 18.5 Å². The van der Waals surface area contributed by atoms with Crippen LogP contribution in [0.25, 0.3) is 0 Å². The molecule has 0 bridgehead atoms. The van der Waals surface area contributed by atoms with Gasteiger partial charge in [-0.05, 0) is 32.3 Å². The van der Waals surface area contributed by atoms with Crippen molar-refractivity contribution in [3.63, 3.8) is 0 Å². The zero-order chi connectivity index (χ0) is 13.1. The molecule has 1 N–H and O–H groups in total. The fourth-order valence-electron chi connectivity index (χ4n) is 2.23. The summed E-state index contributed by atoms with van der Waals surface area (Å²) in [6, 6.07) is 1.21. The topological polar surface area (TPSA) is 75.3 Å². The predicted octanol–water partition coefficient (Wildman–Crippen LogP) is 0.886. The van der Waals surface area contributed by atoms with E-state index in [9.17, 15) is 9.59 Å². The number of amides is 1. The number of hydrogen-bond acceptors (Lipinski definition) is 4. The van der Waals surface area contributed by atoms with Gasteiger partial charge in [0, 0.05) is 12.2 Å². The van der Waals surface area contributed by atoms with Crippen LogP contribution in [0.15, 0.2) is 6.07 Å². The molecule has 1 amide bonds. The van der Waals surface area contributed by atoms with Gasteiger partial charge in [0.05, 0.1) is 7.11 Å². The maximum Gasteiger partial charge on any atom is 0.328 e. The van der Waals surface area contributed by atoms with Crippen molar-refractivity contribution >= 4 is 11.9 Å². The van der Waals surface area contributed by atoms with Crippen LogP contribution in [0.1, 0.15) is 35.4 Å². The second-order valence-corrected chi connectivity index (χ2v) is 4.47. The summed E-state index contributed by atoms with van der Waals surface area (Å²) in [6.45, 7) is 2.41. The van der Waals surface area contributed by atoms with E-state index in [-0.39, 0.29) is 11.9 Å². The molecule has 6 nitrogen and oxygen atoms in total. The van der Waals surface area contributed by atoms with Crippen LogP contribution in [0.3, 0.4) is 0 Å². The SMILES string of the molecule is COC(=O)C1CCCCN1C(=O)c1cc(C)[nH]n1. The number of likely N-dealkylation sites (tertiary alicyclic amines) is 1. The maximum atomic E-state index is 12.3. The van der Waals surface area contributed by atoms with Crippen molar-refractivity contribution in [3.05, 3.63) is 17.5 Å². The molecule has 0 saturated carbocycles. The first-order chi connectivity index (χ1) is 8.63. The van der Waals surface area contributed by atoms with Gasteiger partial charge in [-0.15, -0.1) is 0 Å². The molecule has 1 aliphatic rings. The zero-order valence-corrected chi connectivity index (χ0v) is 10.6. The lowest BCUT2D eigenvalue weighted by atomic mass is 10.0. The van der Waals surface area contributed by atoms with Gasteiger partial charge in [-0.1, -0.05) is 0 Å². The van der Waals surface area contributed by atoms with E-state index >= 15 is 0 Å². The Morgan fingerprint density at radius 3 is 2.89 bits per heavy atom. The van der Waals surface area contributed by atoms with Crippen LogP contribution >= 0.6 is 0 Å². The van der Waals surface area contributed by atoms with Crippen LogP contribution in [-0.4, -0.2) is 46.7 Å². The average Bonchev–Trinajstić information content (AvgIpc) is 2.83. The summed E-state index contributed by atoms with van der Waals surface area (Å²) in [5, 5.41) is 6.68. The largest absolute Gasteiger partial charge is 0.467 e. The van der Waals surface area contributed by atoms with E-state index in [1.165, 1.54) is 7.11 Å². The van der Waals surface area contributed by atoms with Gasteiger partial charge in [-0.2, -0.15) is 5.10 Å². The standard InChI is InChI=1S/C12H17N3O3/c1-8-7-9(14-13-8)11(16)15-6-4-3-5-10(15)12(17)18-2/h7,10H,3-6H2,1-2H3,(H,13,14). The zero-order valence-electron chi connectivity index (χ0n) is 10.6. The number of ether oxygens (including phenoxy) is 1. The van der Waals surface area contributed by atoms with Crippen molar-refractivity contribution in [3.8, 4) is 0 Å². The van der Waals surface area contributed by atoms with Crippen molar-refractivity contribution in [2.45, 2.75) is 32.2 Å². The number of hydrogen-bond donors (Lipinski definition) is 1. The average molecular weight is 251 g/mol. The minimum atomic E-state index is -0.478. The minimum Gasteiger partial charge on any atom is -0.467 e. The molecule has 2 heterocycles. The molecule has 0 aromatic carbocycles. The summed E-state index contributed by atoms with van der Waals surface area (Å²) in [7, 11) is 1.35. The van der Waals surface area contributed by atoms with Crippen LogP contribution in [0.4, 0.5) is 0 Å². The molecule has 1 fully saturated rings. The smallest absolute Gasteiger partial charge is 0.328 e. The van der Waals surface area contributed by atoms with Crippen LogP contribution in [0.5, 0.6) is 0 Å². The molecule has 1 atom stereocenters. The number of aryl methyl sites for hydroxylation is 1. The number of carbonyl (C=O) groups is 2. The van der Waals surface area contributed by atoms with E-state index < -0.39 is 6.04 Å². The highest BCUT2D eigenvalue weighted by Gasteiger charge is 2.34. The van der Waals surface area contributed by atoms with E-state index in [4.69, 9.17) is 4.74 Å². The monoisotopic (exact) mass is 251 g/mol. The number of methoxy groups -OCH3 is 1. The van der Waals surface area contributed by atoms with Crippen LogP contribution in [-0.2, 0) is 9.53 Å². The van der Waals surface area contributed by atoms with Gasteiger partial charge in [0.25, 0.3) is 5.91 Å². The summed E-state index contributed by atoms with van der Waals surface area (Å²) in [4.78, 5) is 25.5. The summed E-state index contributed by atoms with van der Waals surface area (Å²) < 4.78 is 4.75. The van der Waals surface area contributed by atoms with Crippen molar-refractivity contribution in [1.29, 1.82) is 0 Å². The number of aromatic nitrogens is 2. The number of H-pyrrole nitrogens is 1. The lowest BCUT2D eigenvalue weighted by Gasteiger charge is -2.33. The Kier molecular flexibility index (Phi) is 3.64. The molecule has 1 aromatic rings. The Bertz CT molecular complexity index is 455. The van der Waals surface area contributed by atoms with E-state index in [1.54, 1.807) is 11.0 Å². The van der Waals surface area contributed by atoms with Crippen LogP contribution in [0, 0.1) is 6.92 Å². The van der Waals surface area contributed by atoms with E-state index in [0.29, 0.717) is 18.7 Å². The van der Waals surface area contributed by atoms with E-state index in [1.807, 2.05) is 6.92 Å². The van der Waals surface area contributed by atoms with Crippen LogP contribution < -0.4 is 0 Å². The summed E-state index contributed by atoms with van der Waals surface area (Å²) >= 11 is 0. The van der Waals surface area contributed by atoms with Gasteiger partial charge in [-0.25, -0.2) is 4.79 Å². The number of nitrogens with zero attached hydrogens (tertiary/aromatic N) is 2. The second kappa shape index (κ2) is 5.20. The molecule has 0 spiro atoms. The maximum absolute atomic E-state index is 12.3. The fraction of sp³-hybridized carbons (Fsp3) is 0.583. The molecule has 2 rings (SSSR count). The molecule has 18 heavy (non-hydrogen) atoms. The lowest BCUT2D eigenvalue weighted by Crippen LogP contribution is -2.48. The summed E-state index contributed by atoms with van der Waals surface area (Å²) in [5.41, 5.74) is 1.17. The Hall–Kier alpha value is -1.85. The molecule has 98 valence electrons. The number of piperidine rings is 1. The highest BCUT2D eigenvalue weighted by molar-refractivity contribution is 5.95. The summed E-state index contributed by atoms with van der Waals surface area (Å²) in [5.74, 6) is -0.565. The van der Waals surface area contributed by atoms with Gasteiger partial charge in [-0.3, -0.25) is 9.89 Å². The van der Waals surface area contributed by atoms with Crippen molar-refractivity contribution in [1.82, 2.24) is 15.1 Å². The highest BCUT2D eigenvalue weighted by Crippen LogP contribution is 2.20. The molecule has 1 unspecified atom stereocenters. The molecule has 1 aromatic heterocycles. The van der Waals surface area contributed by atoms with E-state index in [2.05, 4.69) is 10.2 Å². The first kappa shape index (κ1) is 12.6. The molecule has 1 saturated heterocycles. The van der Waals surface area contributed by atoms with Crippen molar-refractivity contribution in [2.24, 2.45) is 0 Å². The first-order valence-electron chi connectivity index (χ1n) is 6.04. The lowest BCUT2D eigenvalue weighted by molar-refractivity contribution is -0.147. The van der Waals surface area contributed by atoms with Gasteiger partial charge < -0.3 is 9.64 Å². The second-order valence-electron chi connectivity index (χ2n) is 4.47. The Labute approximate surface area is 105 Å². The number of aromatic amines is 1. The third-order valence-electron chi connectivity index (χ3n) is 3.16. The van der Waals surface area contributed by atoms with Gasteiger partial charge in [0.15, 0.2) is 0 Å². The first-order valence-corrected chi connectivity index (χ1v) is 6.04. The molecule has 1 aliphatic heterocycles. The number of esters is 1. The van der Waals surface area contributed by atoms with Crippen LogP contribution in [0.2, 0.25) is 0 Å². The third kappa shape index (κ3) is 2.37. The number of rotatable bonds is 2. The van der Waals surface area contributed by atoms with Gasteiger partial charge in [0.2, 0.25) is 0 Å². The highest BCUT2D eigenvalue weighted by atomic mass is 16.5. The predicted molar refractivity (Wildman–Crippen MR) is 64.0 cm³/mol. The third-order valence-corrected chi connectivity index (χ3v) is 3.16. The quantitative estimate of drug-likeness (QED) is 0.792. The Morgan fingerprint density at radius 1 is 1.50 bits per heavy atom. The Balaban J connectivity index is 2.18. The molecule has 0 radical (unpaired) electrons. The molecule has 6 heteroatoms. The molecular formula is C12H17N3O3. The van der Waals surface area contributed by atoms with Gasteiger partial charge in [0.1, 0.15) is 11.7 Å². The number of nitrogens with one attached hydrogen (secondary N) is 1. The Morgan fingerprint density at radius 2 is 2.28 bits per heavy atom. The normalized spacial score (nSPS) is 19.7. The minimum absolute atomic E-state index is 0.213. The number of carbonyl (C=O) groups excluding carboxylic acids is 2. The van der Waals surface area contributed by atoms with Gasteiger partial charge >= 0.3 is 5.97 Å². The van der Waals surface area contributed by atoms with Crippen molar-refractivity contribution in [2.75, 3.05) is 13.7 Å². The molecular weight excluding hydrogens is 234 g/mol. The molecule has 0 aliphatic carbocycles.